The second-order valence-electron chi connectivity index (χ2n) is 4.51. The van der Waals surface area contributed by atoms with Gasteiger partial charge in [-0.3, -0.25) is 5.10 Å². The number of hydrogen-bond acceptors (Lipinski definition) is 3. The highest BCUT2D eigenvalue weighted by atomic mass is 32.1. The van der Waals surface area contributed by atoms with E-state index in [-0.39, 0.29) is 0 Å². The Bertz CT molecular complexity index is 366. The maximum atomic E-state index is 5.27. The number of hydrogen-bond donors (Lipinski definition) is 1. The average Bonchev–Trinajstić information content (AvgIpc) is 2.57. The molecule has 1 rings (SSSR count). The van der Waals surface area contributed by atoms with Gasteiger partial charge in [0.15, 0.2) is 4.77 Å². The van der Waals surface area contributed by atoms with Crippen LogP contribution in [-0.2, 0) is 6.42 Å². The van der Waals surface area contributed by atoms with Gasteiger partial charge in [-0.15, -0.1) is 0 Å². The van der Waals surface area contributed by atoms with Crippen molar-refractivity contribution in [2.45, 2.75) is 39.2 Å². The summed E-state index contributed by atoms with van der Waals surface area (Å²) in [7, 11) is 4.18. The summed E-state index contributed by atoms with van der Waals surface area (Å²) in [5, 5.41) is 7.18. The minimum atomic E-state index is 0.412. The molecule has 0 aliphatic rings. The van der Waals surface area contributed by atoms with Crippen LogP contribution in [0.5, 0.6) is 0 Å². The predicted octanol–water partition coefficient (Wildman–Crippen LogP) is 2.41. The Morgan fingerprint density at radius 3 is 2.75 bits per heavy atom. The molecule has 4 nitrogen and oxygen atoms in total. The lowest BCUT2D eigenvalue weighted by Gasteiger charge is -2.17. The minimum absolute atomic E-state index is 0.412. The van der Waals surface area contributed by atoms with E-state index < -0.39 is 0 Å². The summed E-state index contributed by atoms with van der Waals surface area (Å²) < 4.78 is 2.90. The molecule has 0 aromatic carbocycles. The summed E-state index contributed by atoms with van der Waals surface area (Å²) in [5.41, 5.74) is 0. The lowest BCUT2D eigenvalue weighted by molar-refractivity contribution is 0.353. The smallest absolute Gasteiger partial charge is 0.195 e. The predicted molar refractivity (Wildman–Crippen MR) is 69.3 cm³/mol. The Kier molecular flexibility index (Phi) is 5.15. The zero-order valence-electron chi connectivity index (χ0n) is 10.7. The molecule has 0 radical (unpaired) electrons. The van der Waals surface area contributed by atoms with Crippen LogP contribution in [-0.4, -0.2) is 40.3 Å². The number of nitrogens with one attached hydrogen (secondary N) is 1. The van der Waals surface area contributed by atoms with E-state index in [1.54, 1.807) is 0 Å². The molecule has 0 fully saturated rings. The van der Waals surface area contributed by atoms with Gasteiger partial charge in [0, 0.05) is 12.5 Å². The zero-order chi connectivity index (χ0) is 12.1. The third kappa shape index (κ3) is 3.42. The van der Waals surface area contributed by atoms with Gasteiger partial charge in [0.05, 0.1) is 0 Å². The van der Waals surface area contributed by atoms with Crippen molar-refractivity contribution in [2.75, 3.05) is 20.6 Å². The van der Waals surface area contributed by atoms with E-state index in [2.05, 4.69) is 47.6 Å². The Balaban J connectivity index is 2.76. The summed E-state index contributed by atoms with van der Waals surface area (Å²) in [5.74, 6) is 1.08. The molecule has 0 spiro atoms. The van der Waals surface area contributed by atoms with Crippen LogP contribution in [0.25, 0.3) is 0 Å². The maximum absolute atomic E-state index is 5.27. The number of aromatic amines is 1. The van der Waals surface area contributed by atoms with Crippen molar-refractivity contribution in [3.05, 3.63) is 10.6 Å². The van der Waals surface area contributed by atoms with Crippen LogP contribution in [0, 0.1) is 4.77 Å². The lowest BCUT2D eigenvalue weighted by atomic mass is 10.2. The van der Waals surface area contributed by atoms with Gasteiger partial charge < -0.3 is 9.47 Å². The zero-order valence-corrected chi connectivity index (χ0v) is 11.5. The SMILES string of the molecule is CCCc1n[nH]c(=S)n1C(C)CCN(C)C. The van der Waals surface area contributed by atoms with Gasteiger partial charge in [-0.2, -0.15) is 5.10 Å². The first-order valence-corrected chi connectivity index (χ1v) is 6.27. The summed E-state index contributed by atoms with van der Waals surface area (Å²) in [6, 6.07) is 0.412. The number of nitrogens with zero attached hydrogens (tertiary/aromatic N) is 3. The van der Waals surface area contributed by atoms with Crippen molar-refractivity contribution < 1.29 is 0 Å². The molecule has 1 aromatic heterocycles. The molecule has 0 aliphatic heterocycles. The van der Waals surface area contributed by atoms with E-state index in [9.17, 15) is 0 Å². The van der Waals surface area contributed by atoms with Crippen molar-refractivity contribution >= 4 is 12.2 Å². The molecule has 0 saturated heterocycles. The fraction of sp³-hybridized carbons (Fsp3) is 0.818. The summed E-state index contributed by atoms with van der Waals surface area (Å²) in [6.07, 6.45) is 3.18. The van der Waals surface area contributed by atoms with Crippen LogP contribution in [0.2, 0.25) is 0 Å². The van der Waals surface area contributed by atoms with Gasteiger partial charge in [0.1, 0.15) is 5.82 Å². The van der Waals surface area contributed by atoms with E-state index in [0.717, 1.165) is 36.4 Å². The monoisotopic (exact) mass is 242 g/mol. The molecule has 1 N–H and O–H groups in total. The second kappa shape index (κ2) is 6.15. The quantitative estimate of drug-likeness (QED) is 0.778. The molecule has 5 heteroatoms. The normalized spacial score (nSPS) is 13.3. The highest BCUT2D eigenvalue weighted by molar-refractivity contribution is 7.71. The van der Waals surface area contributed by atoms with Gasteiger partial charge >= 0.3 is 0 Å². The average molecular weight is 242 g/mol. The standard InChI is InChI=1S/C11H22N4S/c1-5-6-10-12-13-11(16)15(10)9(2)7-8-14(3)4/h9H,5-8H2,1-4H3,(H,13,16). The largest absolute Gasteiger partial charge is 0.309 e. The number of rotatable bonds is 6. The van der Waals surface area contributed by atoms with Crippen molar-refractivity contribution in [1.82, 2.24) is 19.7 Å². The molecule has 1 aromatic rings. The van der Waals surface area contributed by atoms with Gasteiger partial charge in [0.2, 0.25) is 0 Å². The Morgan fingerprint density at radius 1 is 1.50 bits per heavy atom. The maximum Gasteiger partial charge on any atom is 0.195 e. The molecule has 0 bridgehead atoms. The van der Waals surface area contributed by atoms with Crippen LogP contribution in [0.15, 0.2) is 0 Å². The third-order valence-electron chi connectivity index (χ3n) is 2.69. The fourth-order valence-electron chi connectivity index (χ4n) is 1.77. The fourth-order valence-corrected chi connectivity index (χ4v) is 2.10. The van der Waals surface area contributed by atoms with Gasteiger partial charge in [-0.1, -0.05) is 6.92 Å². The summed E-state index contributed by atoms with van der Waals surface area (Å²) >= 11 is 5.27. The second-order valence-corrected chi connectivity index (χ2v) is 4.89. The number of aromatic nitrogens is 3. The van der Waals surface area contributed by atoms with E-state index in [0.29, 0.717) is 6.04 Å². The molecule has 92 valence electrons. The highest BCUT2D eigenvalue weighted by Crippen LogP contribution is 2.14. The third-order valence-corrected chi connectivity index (χ3v) is 2.97. The van der Waals surface area contributed by atoms with Crippen LogP contribution >= 0.6 is 12.2 Å². The van der Waals surface area contributed by atoms with Gasteiger partial charge in [0.25, 0.3) is 0 Å². The molecule has 1 unspecified atom stereocenters. The van der Waals surface area contributed by atoms with Gasteiger partial charge in [-0.25, -0.2) is 0 Å². The van der Waals surface area contributed by atoms with Crippen LogP contribution in [0.3, 0.4) is 0 Å². The first kappa shape index (κ1) is 13.4. The minimum Gasteiger partial charge on any atom is -0.309 e. The van der Waals surface area contributed by atoms with Crippen molar-refractivity contribution in [3.63, 3.8) is 0 Å². The van der Waals surface area contributed by atoms with E-state index in [4.69, 9.17) is 12.2 Å². The van der Waals surface area contributed by atoms with Crippen molar-refractivity contribution in [1.29, 1.82) is 0 Å². The topological polar surface area (TPSA) is 36.9 Å². The Morgan fingerprint density at radius 2 is 2.19 bits per heavy atom. The lowest BCUT2D eigenvalue weighted by Crippen LogP contribution is -2.18. The Hall–Kier alpha value is -0.680. The molecular formula is C11H22N4S. The molecule has 1 heterocycles. The number of H-pyrrole nitrogens is 1. The van der Waals surface area contributed by atoms with Gasteiger partial charge in [-0.05, 0) is 52.6 Å². The van der Waals surface area contributed by atoms with E-state index in [1.165, 1.54) is 0 Å². The first-order valence-electron chi connectivity index (χ1n) is 5.86. The van der Waals surface area contributed by atoms with Crippen LogP contribution < -0.4 is 0 Å². The number of aryl methyl sites for hydroxylation is 1. The van der Waals surface area contributed by atoms with E-state index >= 15 is 0 Å². The highest BCUT2D eigenvalue weighted by Gasteiger charge is 2.12. The molecule has 0 saturated carbocycles. The van der Waals surface area contributed by atoms with Crippen LogP contribution in [0.4, 0.5) is 0 Å². The summed E-state index contributed by atoms with van der Waals surface area (Å²) in [4.78, 5) is 2.19. The first-order chi connectivity index (χ1) is 7.56. The molecule has 1 atom stereocenters. The van der Waals surface area contributed by atoms with Crippen molar-refractivity contribution in [3.8, 4) is 0 Å². The van der Waals surface area contributed by atoms with E-state index in [1.807, 2.05) is 0 Å². The molecule has 0 aliphatic carbocycles. The molecular weight excluding hydrogens is 220 g/mol. The van der Waals surface area contributed by atoms with Crippen molar-refractivity contribution in [2.24, 2.45) is 0 Å². The van der Waals surface area contributed by atoms with Crippen LogP contribution in [0.1, 0.15) is 38.6 Å². The molecule has 0 amide bonds. The summed E-state index contributed by atoms with van der Waals surface area (Å²) in [6.45, 7) is 5.43. The Labute approximate surface area is 103 Å². The molecule has 16 heavy (non-hydrogen) atoms.